The van der Waals surface area contributed by atoms with Gasteiger partial charge in [0.1, 0.15) is 24.1 Å². The number of halogens is 1. The topological polar surface area (TPSA) is 68.7 Å². The smallest absolute Gasteiger partial charge is 0.335 e. The number of aromatic carboxylic acids is 1. The molecular formula is C14H12ClNO4. The van der Waals surface area contributed by atoms with Gasteiger partial charge in [-0.15, -0.1) is 0 Å². The Kier molecular flexibility index (Phi) is 4.79. The minimum absolute atomic E-state index is 0.0315. The minimum Gasteiger partial charge on any atom is -0.490 e. The summed E-state index contributed by atoms with van der Waals surface area (Å²) in [5, 5.41) is 8.96. The quantitative estimate of drug-likeness (QED) is 0.655. The van der Waals surface area contributed by atoms with Gasteiger partial charge in [0, 0.05) is 6.07 Å². The van der Waals surface area contributed by atoms with Gasteiger partial charge in [0.05, 0.1) is 5.56 Å². The van der Waals surface area contributed by atoms with E-state index in [1.165, 1.54) is 12.1 Å². The third-order valence-corrected chi connectivity index (χ3v) is 2.56. The third kappa shape index (κ3) is 4.13. The van der Waals surface area contributed by atoms with Crippen LogP contribution in [0.3, 0.4) is 0 Å². The average molecular weight is 294 g/mol. The monoisotopic (exact) mass is 293 g/mol. The molecule has 1 aromatic carbocycles. The lowest BCUT2D eigenvalue weighted by atomic mass is 10.3. The highest BCUT2D eigenvalue weighted by Crippen LogP contribution is 2.16. The van der Waals surface area contributed by atoms with Gasteiger partial charge in [-0.1, -0.05) is 29.8 Å². The van der Waals surface area contributed by atoms with Crippen molar-refractivity contribution in [3.8, 4) is 11.6 Å². The number of benzene rings is 1. The molecule has 6 heteroatoms. The number of hydrogen-bond donors (Lipinski definition) is 1. The summed E-state index contributed by atoms with van der Waals surface area (Å²) >= 11 is 5.72. The lowest BCUT2D eigenvalue weighted by Crippen LogP contribution is -2.10. The molecule has 0 fully saturated rings. The molecule has 0 saturated carbocycles. The van der Waals surface area contributed by atoms with Gasteiger partial charge in [-0.05, 0) is 18.2 Å². The Hall–Kier alpha value is -2.27. The second-order valence-corrected chi connectivity index (χ2v) is 4.22. The van der Waals surface area contributed by atoms with Gasteiger partial charge in [-0.2, -0.15) is 0 Å². The van der Waals surface area contributed by atoms with Crippen molar-refractivity contribution in [2.75, 3.05) is 13.2 Å². The van der Waals surface area contributed by atoms with Crippen molar-refractivity contribution < 1.29 is 19.4 Å². The molecule has 1 heterocycles. The van der Waals surface area contributed by atoms with Crippen molar-refractivity contribution in [2.24, 2.45) is 0 Å². The molecule has 0 saturated heterocycles. The molecule has 0 unspecified atom stereocenters. The van der Waals surface area contributed by atoms with Crippen LogP contribution >= 0.6 is 11.6 Å². The van der Waals surface area contributed by atoms with E-state index in [0.717, 1.165) is 5.75 Å². The van der Waals surface area contributed by atoms with Crippen LogP contribution in [0.15, 0.2) is 42.5 Å². The Labute approximate surface area is 120 Å². The zero-order valence-electron chi connectivity index (χ0n) is 10.5. The molecular weight excluding hydrogens is 282 g/mol. The van der Waals surface area contributed by atoms with Crippen LogP contribution in [0.1, 0.15) is 10.4 Å². The molecule has 2 aromatic rings. The number of hydrogen-bond acceptors (Lipinski definition) is 4. The van der Waals surface area contributed by atoms with Gasteiger partial charge in [0.15, 0.2) is 0 Å². The maximum absolute atomic E-state index is 10.9. The van der Waals surface area contributed by atoms with Crippen LogP contribution in [0.2, 0.25) is 5.15 Å². The fourth-order valence-corrected chi connectivity index (χ4v) is 1.69. The number of carboxylic acid groups (broad SMARTS) is 1. The molecule has 0 aliphatic heterocycles. The molecule has 104 valence electrons. The van der Waals surface area contributed by atoms with E-state index in [1.54, 1.807) is 0 Å². The van der Waals surface area contributed by atoms with E-state index in [2.05, 4.69) is 4.98 Å². The van der Waals surface area contributed by atoms with E-state index in [-0.39, 0.29) is 23.2 Å². The number of rotatable bonds is 6. The van der Waals surface area contributed by atoms with Gasteiger partial charge >= 0.3 is 5.97 Å². The van der Waals surface area contributed by atoms with Crippen LogP contribution in [-0.2, 0) is 0 Å². The van der Waals surface area contributed by atoms with Gasteiger partial charge in [-0.25, -0.2) is 9.78 Å². The molecule has 0 aliphatic carbocycles. The molecule has 0 spiro atoms. The minimum atomic E-state index is -1.08. The average Bonchev–Trinajstić information content (AvgIpc) is 2.44. The number of carbonyl (C=O) groups is 1. The second kappa shape index (κ2) is 6.77. The van der Waals surface area contributed by atoms with Crippen LogP contribution in [0.25, 0.3) is 0 Å². The van der Waals surface area contributed by atoms with Crippen molar-refractivity contribution in [1.82, 2.24) is 4.98 Å². The summed E-state index contributed by atoms with van der Waals surface area (Å²) in [5.41, 5.74) is 0.0315. The summed E-state index contributed by atoms with van der Waals surface area (Å²) in [4.78, 5) is 14.7. The first-order valence-electron chi connectivity index (χ1n) is 5.86. The van der Waals surface area contributed by atoms with E-state index in [0.29, 0.717) is 6.61 Å². The molecule has 1 aromatic heterocycles. The van der Waals surface area contributed by atoms with Crippen LogP contribution < -0.4 is 9.47 Å². The molecule has 0 aliphatic rings. The summed E-state index contributed by atoms with van der Waals surface area (Å²) in [5.74, 6) is -0.187. The number of pyridine rings is 1. The Morgan fingerprint density at radius 2 is 1.85 bits per heavy atom. The number of aromatic nitrogens is 1. The van der Waals surface area contributed by atoms with E-state index >= 15 is 0 Å². The molecule has 2 rings (SSSR count). The summed E-state index contributed by atoms with van der Waals surface area (Å²) < 4.78 is 10.7. The Bertz CT molecular complexity index is 589. The van der Waals surface area contributed by atoms with Gasteiger partial charge in [0.2, 0.25) is 5.88 Å². The van der Waals surface area contributed by atoms with Gasteiger partial charge < -0.3 is 14.6 Å². The van der Waals surface area contributed by atoms with E-state index in [9.17, 15) is 4.79 Å². The third-order valence-electron chi connectivity index (χ3n) is 2.36. The van der Waals surface area contributed by atoms with Crippen LogP contribution in [0, 0.1) is 0 Å². The molecule has 0 amide bonds. The number of ether oxygens (including phenoxy) is 2. The highest BCUT2D eigenvalue weighted by atomic mass is 35.5. The Balaban J connectivity index is 1.86. The number of carboxylic acids is 1. The first kappa shape index (κ1) is 14.1. The highest BCUT2D eigenvalue weighted by molar-refractivity contribution is 6.29. The normalized spacial score (nSPS) is 10.1. The van der Waals surface area contributed by atoms with Crippen molar-refractivity contribution in [1.29, 1.82) is 0 Å². The zero-order valence-corrected chi connectivity index (χ0v) is 11.2. The summed E-state index contributed by atoms with van der Waals surface area (Å²) in [6.45, 7) is 0.557. The Morgan fingerprint density at radius 3 is 2.55 bits per heavy atom. The maximum Gasteiger partial charge on any atom is 0.335 e. The zero-order chi connectivity index (χ0) is 14.4. The van der Waals surface area contributed by atoms with Crippen molar-refractivity contribution >= 4 is 17.6 Å². The predicted octanol–water partition coefficient (Wildman–Crippen LogP) is 2.89. The summed E-state index contributed by atoms with van der Waals surface area (Å²) in [6.07, 6.45) is 0. The van der Waals surface area contributed by atoms with E-state index in [4.69, 9.17) is 26.2 Å². The SMILES string of the molecule is O=C(O)c1cc(Cl)nc(OCCOc2ccccc2)c1. The lowest BCUT2D eigenvalue weighted by molar-refractivity contribution is 0.0696. The molecule has 20 heavy (non-hydrogen) atoms. The fraction of sp³-hybridized carbons (Fsp3) is 0.143. The maximum atomic E-state index is 10.9. The first-order valence-corrected chi connectivity index (χ1v) is 6.24. The second-order valence-electron chi connectivity index (χ2n) is 3.83. The number of para-hydroxylation sites is 1. The van der Waals surface area contributed by atoms with Crippen molar-refractivity contribution in [3.63, 3.8) is 0 Å². The fourth-order valence-electron chi connectivity index (χ4n) is 1.49. The summed E-state index contributed by atoms with van der Waals surface area (Å²) in [6, 6.07) is 11.9. The summed E-state index contributed by atoms with van der Waals surface area (Å²) in [7, 11) is 0. The first-order chi connectivity index (χ1) is 9.65. The standard InChI is InChI=1S/C14H12ClNO4/c15-12-8-10(14(17)18)9-13(16-12)20-7-6-19-11-4-2-1-3-5-11/h1-5,8-9H,6-7H2,(H,17,18). The molecule has 5 nitrogen and oxygen atoms in total. The molecule has 0 bridgehead atoms. The van der Waals surface area contributed by atoms with Crippen LogP contribution in [0.4, 0.5) is 0 Å². The van der Waals surface area contributed by atoms with Crippen LogP contribution in [-0.4, -0.2) is 29.3 Å². The van der Waals surface area contributed by atoms with E-state index in [1.807, 2.05) is 30.3 Å². The van der Waals surface area contributed by atoms with Gasteiger partial charge in [-0.3, -0.25) is 0 Å². The van der Waals surface area contributed by atoms with Crippen molar-refractivity contribution in [3.05, 3.63) is 53.2 Å². The van der Waals surface area contributed by atoms with E-state index < -0.39 is 5.97 Å². The van der Waals surface area contributed by atoms with Crippen molar-refractivity contribution in [2.45, 2.75) is 0 Å². The number of nitrogens with zero attached hydrogens (tertiary/aromatic N) is 1. The molecule has 0 radical (unpaired) electrons. The van der Waals surface area contributed by atoms with Gasteiger partial charge in [0.25, 0.3) is 0 Å². The Morgan fingerprint density at radius 1 is 1.15 bits per heavy atom. The lowest BCUT2D eigenvalue weighted by Gasteiger charge is -2.08. The molecule has 1 N–H and O–H groups in total. The van der Waals surface area contributed by atoms with Crippen LogP contribution in [0.5, 0.6) is 11.6 Å². The largest absolute Gasteiger partial charge is 0.490 e. The highest BCUT2D eigenvalue weighted by Gasteiger charge is 2.08. The molecule has 0 atom stereocenters. The predicted molar refractivity (Wildman–Crippen MR) is 73.6 cm³/mol.